The third-order valence-electron chi connectivity index (χ3n) is 5.22. The van der Waals surface area contributed by atoms with Gasteiger partial charge in [0, 0.05) is 24.7 Å². The summed E-state index contributed by atoms with van der Waals surface area (Å²) in [5.41, 5.74) is 1.46. The predicted octanol–water partition coefficient (Wildman–Crippen LogP) is 4.37. The van der Waals surface area contributed by atoms with E-state index in [-0.39, 0.29) is 23.8 Å². The standard InChI is InChI=1S/C22H22N2O4/c1-14(25)23-15-6-5-9-17(12-15)28-18-10-11-19-20(13-18)22(27)24(21(19)26)16-7-3-2-4-8-16/h5-6,9-13,16H,2-4,7-8H2,1H3,(H,23,25). The minimum atomic E-state index is -0.232. The van der Waals surface area contributed by atoms with Gasteiger partial charge in [-0.25, -0.2) is 0 Å². The first-order valence-electron chi connectivity index (χ1n) is 9.60. The Morgan fingerprint density at radius 3 is 2.43 bits per heavy atom. The average molecular weight is 378 g/mol. The van der Waals surface area contributed by atoms with Crippen LogP contribution >= 0.6 is 0 Å². The molecule has 6 heteroatoms. The molecule has 1 N–H and O–H groups in total. The SMILES string of the molecule is CC(=O)Nc1cccc(Oc2ccc3c(c2)C(=O)N(C2CCCCC2)C3=O)c1. The van der Waals surface area contributed by atoms with E-state index in [1.54, 1.807) is 42.5 Å². The number of rotatable bonds is 4. The van der Waals surface area contributed by atoms with Crippen LogP contribution in [0.25, 0.3) is 0 Å². The van der Waals surface area contributed by atoms with Crippen molar-refractivity contribution in [1.29, 1.82) is 0 Å². The molecule has 1 saturated carbocycles. The van der Waals surface area contributed by atoms with Crippen molar-refractivity contribution in [2.75, 3.05) is 5.32 Å². The Morgan fingerprint density at radius 2 is 1.68 bits per heavy atom. The van der Waals surface area contributed by atoms with Gasteiger partial charge in [0.25, 0.3) is 11.8 Å². The van der Waals surface area contributed by atoms with Gasteiger partial charge >= 0.3 is 0 Å². The highest BCUT2D eigenvalue weighted by Crippen LogP contribution is 2.34. The van der Waals surface area contributed by atoms with Crippen molar-refractivity contribution >= 4 is 23.4 Å². The summed E-state index contributed by atoms with van der Waals surface area (Å²) in [6.07, 6.45) is 5.03. The highest BCUT2D eigenvalue weighted by molar-refractivity contribution is 6.21. The van der Waals surface area contributed by atoms with Crippen molar-refractivity contribution in [3.8, 4) is 11.5 Å². The Kier molecular flexibility index (Phi) is 4.86. The first-order chi connectivity index (χ1) is 13.5. The van der Waals surface area contributed by atoms with Crippen molar-refractivity contribution in [3.05, 3.63) is 53.6 Å². The van der Waals surface area contributed by atoms with E-state index in [9.17, 15) is 14.4 Å². The Hall–Kier alpha value is -3.15. The molecule has 28 heavy (non-hydrogen) atoms. The van der Waals surface area contributed by atoms with Crippen LogP contribution in [0.4, 0.5) is 5.69 Å². The predicted molar refractivity (Wildman–Crippen MR) is 105 cm³/mol. The monoisotopic (exact) mass is 378 g/mol. The minimum Gasteiger partial charge on any atom is -0.457 e. The van der Waals surface area contributed by atoms with Gasteiger partial charge in [0.1, 0.15) is 11.5 Å². The quantitative estimate of drug-likeness (QED) is 0.802. The van der Waals surface area contributed by atoms with Gasteiger partial charge in [-0.15, -0.1) is 0 Å². The molecular formula is C22H22N2O4. The first-order valence-corrected chi connectivity index (χ1v) is 9.60. The molecule has 6 nitrogen and oxygen atoms in total. The lowest BCUT2D eigenvalue weighted by Crippen LogP contribution is -2.40. The minimum absolute atomic E-state index is 0.000134. The maximum absolute atomic E-state index is 12.9. The van der Waals surface area contributed by atoms with Gasteiger partial charge in [-0.1, -0.05) is 25.3 Å². The van der Waals surface area contributed by atoms with Crippen LogP contribution in [-0.2, 0) is 4.79 Å². The Labute approximate surface area is 163 Å². The zero-order chi connectivity index (χ0) is 19.7. The summed E-state index contributed by atoms with van der Waals surface area (Å²) < 4.78 is 5.86. The molecule has 0 saturated heterocycles. The van der Waals surface area contributed by atoms with Crippen molar-refractivity contribution in [1.82, 2.24) is 4.90 Å². The number of hydrogen-bond acceptors (Lipinski definition) is 4. The number of imide groups is 1. The molecule has 0 aromatic heterocycles. The van der Waals surface area contributed by atoms with Crippen LogP contribution in [-0.4, -0.2) is 28.7 Å². The number of anilines is 1. The number of nitrogens with one attached hydrogen (secondary N) is 1. The molecule has 2 aromatic rings. The van der Waals surface area contributed by atoms with Gasteiger partial charge in [-0.3, -0.25) is 19.3 Å². The van der Waals surface area contributed by atoms with E-state index in [1.165, 1.54) is 11.8 Å². The number of fused-ring (bicyclic) bond motifs is 1. The van der Waals surface area contributed by atoms with E-state index < -0.39 is 0 Å². The van der Waals surface area contributed by atoms with Gasteiger partial charge in [0.05, 0.1) is 11.1 Å². The van der Waals surface area contributed by atoms with Crippen molar-refractivity contribution in [2.45, 2.75) is 45.1 Å². The zero-order valence-electron chi connectivity index (χ0n) is 15.7. The highest BCUT2D eigenvalue weighted by atomic mass is 16.5. The number of carbonyl (C=O) groups is 3. The lowest BCUT2D eigenvalue weighted by molar-refractivity contribution is -0.114. The summed E-state index contributed by atoms with van der Waals surface area (Å²) in [6, 6.07) is 12.0. The number of amides is 3. The van der Waals surface area contributed by atoms with Gasteiger partial charge in [0.2, 0.25) is 5.91 Å². The molecule has 0 spiro atoms. The largest absolute Gasteiger partial charge is 0.457 e. The summed E-state index contributed by atoms with van der Waals surface area (Å²) in [5, 5.41) is 2.70. The van der Waals surface area contributed by atoms with Gasteiger partial charge < -0.3 is 10.1 Å². The number of ether oxygens (including phenoxy) is 1. The molecule has 3 amide bonds. The molecule has 2 aromatic carbocycles. The maximum atomic E-state index is 12.9. The molecule has 2 aliphatic rings. The van der Waals surface area contributed by atoms with Crippen LogP contribution in [0.1, 0.15) is 59.7 Å². The van der Waals surface area contributed by atoms with Crippen LogP contribution < -0.4 is 10.1 Å². The van der Waals surface area contributed by atoms with Crippen molar-refractivity contribution in [3.63, 3.8) is 0 Å². The number of nitrogens with zero attached hydrogens (tertiary/aromatic N) is 1. The van der Waals surface area contributed by atoms with E-state index in [0.717, 1.165) is 32.1 Å². The maximum Gasteiger partial charge on any atom is 0.261 e. The smallest absolute Gasteiger partial charge is 0.261 e. The molecule has 1 aliphatic carbocycles. The fourth-order valence-electron chi connectivity index (χ4n) is 3.95. The average Bonchev–Trinajstić information content (AvgIpc) is 2.92. The summed E-state index contributed by atoms with van der Waals surface area (Å²) in [4.78, 5) is 38.3. The van der Waals surface area contributed by atoms with E-state index >= 15 is 0 Å². The second-order valence-electron chi connectivity index (χ2n) is 7.29. The number of benzene rings is 2. The van der Waals surface area contributed by atoms with E-state index in [0.29, 0.717) is 28.3 Å². The molecule has 1 heterocycles. The number of carbonyl (C=O) groups excluding carboxylic acids is 3. The highest BCUT2D eigenvalue weighted by Gasteiger charge is 2.40. The number of hydrogen-bond donors (Lipinski definition) is 1. The van der Waals surface area contributed by atoms with Gasteiger partial charge in [-0.2, -0.15) is 0 Å². The summed E-state index contributed by atoms with van der Waals surface area (Å²) >= 11 is 0. The van der Waals surface area contributed by atoms with E-state index in [1.807, 2.05) is 0 Å². The van der Waals surface area contributed by atoms with Crippen LogP contribution in [0.5, 0.6) is 11.5 Å². The normalized spacial score (nSPS) is 16.8. The summed E-state index contributed by atoms with van der Waals surface area (Å²) in [6.45, 7) is 1.44. The second-order valence-corrected chi connectivity index (χ2v) is 7.29. The lowest BCUT2D eigenvalue weighted by atomic mass is 9.94. The van der Waals surface area contributed by atoms with E-state index in [4.69, 9.17) is 4.74 Å². The van der Waals surface area contributed by atoms with Gasteiger partial charge in [0.15, 0.2) is 0 Å². The molecule has 144 valence electrons. The molecule has 1 aliphatic heterocycles. The van der Waals surface area contributed by atoms with Gasteiger partial charge in [-0.05, 0) is 43.2 Å². The lowest BCUT2D eigenvalue weighted by Gasteiger charge is -2.29. The topological polar surface area (TPSA) is 75.7 Å². The molecule has 0 unspecified atom stereocenters. The molecule has 0 radical (unpaired) electrons. The Morgan fingerprint density at radius 1 is 0.964 bits per heavy atom. The third-order valence-corrected chi connectivity index (χ3v) is 5.22. The van der Waals surface area contributed by atoms with Crippen LogP contribution in [0.15, 0.2) is 42.5 Å². The second kappa shape index (κ2) is 7.46. The summed E-state index contributed by atoms with van der Waals surface area (Å²) in [7, 11) is 0. The fourth-order valence-corrected chi connectivity index (χ4v) is 3.95. The first kappa shape index (κ1) is 18.2. The molecule has 1 fully saturated rings. The van der Waals surface area contributed by atoms with E-state index in [2.05, 4.69) is 5.32 Å². The summed E-state index contributed by atoms with van der Waals surface area (Å²) in [5.74, 6) is 0.412. The third kappa shape index (κ3) is 3.50. The van der Waals surface area contributed by atoms with Crippen LogP contribution in [0.3, 0.4) is 0 Å². The molecular weight excluding hydrogens is 356 g/mol. The zero-order valence-corrected chi connectivity index (χ0v) is 15.7. The van der Waals surface area contributed by atoms with Crippen LogP contribution in [0, 0.1) is 0 Å². The van der Waals surface area contributed by atoms with Crippen LogP contribution in [0.2, 0.25) is 0 Å². The molecule has 0 bridgehead atoms. The Bertz CT molecular complexity index is 947. The fraction of sp³-hybridized carbons (Fsp3) is 0.318. The Balaban J connectivity index is 1.56. The van der Waals surface area contributed by atoms with Crippen molar-refractivity contribution in [2.24, 2.45) is 0 Å². The molecule has 4 rings (SSSR count). The van der Waals surface area contributed by atoms with Crippen molar-refractivity contribution < 1.29 is 19.1 Å². The molecule has 0 atom stereocenters.